The van der Waals surface area contributed by atoms with E-state index in [1.54, 1.807) is 56.7 Å². The molecular formula is C36H42F2N2O10. The predicted molar refractivity (Wildman–Crippen MR) is 184 cm³/mol. The topological polar surface area (TPSA) is 143 Å². The number of nitrogens with two attached hydrogens (primary N) is 1. The van der Waals surface area contributed by atoms with Crippen molar-refractivity contribution in [3.63, 3.8) is 0 Å². The Labute approximate surface area is 289 Å². The van der Waals surface area contributed by atoms with E-state index in [-0.39, 0.29) is 31.7 Å². The number of ether oxygens (including phenoxy) is 8. The van der Waals surface area contributed by atoms with Crippen LogP contribution < -0.4 is 24.7 Å². The molecule has 14 heteroatoms. The molecule has 6 rings (SSSR count). The van der Waals surface area contributed by atoms with Gasteiger partial charge in [-0.15, -0.1) is 0 Å². The van der Waals surface area contributed by atoms with Crippen molar-refractivity contribution in [2.24, 2.45) is 0 Å². The molecule has 2 fully saturated rings. The summed E-state index contributed by atoms with van der Waals surface area (Å²) in [5.74, 6) is 0.934. The maximum atomic E-state index is 14.6. The second-order valence-corrected chi connectivity index (χ2v) is 10.5. The first kappa shape index (κ1) is 39.4. The lowest BCUT2D eigenvalue weighted by Crippen LogP contribution is -2.05. The van der Waals surface area contributed by atoms with Gasteiger partial charge in [-0.3, -0.25) is 10.1 Å². The first-order valence-electron chi connectivity index (χ1n) is 14.7. The van der Waals surface area contributed by atoms with Crippen LogP contribution in [0.25, 0.3) is 22.3 Å². The lowest BCUT2D eigenvalue weighted by atomic mass is 10.00. The molecule has 50 heavy (non-hydrogen) atoms. The standard InChI is InChI=1S/C17H16FNO6.C17H18FNO4.2CH4/c1-22-11-5-10(6-12(7-11)23-2)13-8-14(17-24-3-4-25-17)16(19(20)21)9-15(13)18;1-20-11-5-10(6-12(7-11)21-2)13-8-14(16(19)9-15(13)18)17-22-3-4-23-17;;/h5-9,17H,3-4H2,1-2H3;5-9,17H,3-4,19H2,1-2H3;2*1H4. The van der Waals surface area contributed by atoms with Gasteiger partial charge in [-0.05, 0) is 53.6 Å². The van der Waals surface area contributed by atoms with Gasteiger partial charge in [0.1, 0.15) is 34.6 Å². The Balaban J connectivity index is 0.000000261. The molecule has 4 aromatic carbocycles. The smallest absolute Gasteiger partial charge is 0.280 e. The molecule has 4 aromatic rings. The molecular weight excluding hydrogens is 658 g/mol. The van der Waals surface area contributed by atoms with Crippen molar-refractivity contribution in [3.05, 3.63) is 93.5 Å². The third kappa shape index (κ3) is 8.76. The molecule has 2 N–H and O–H groups in total. The molecule has 2 aliphatic heterocycles. The number of nitrogens with zero attached hydrogens (tertiary/aromatic N) is 1. The number of benzene rings is 4. The van der Waals surface area contributed by atoms with Crippen LogP contribution in [0.5, 0.6) is 23.0 Å². The Hall–Kier alpha value is -5.02. The molecule has 0 amide bonds. The molecule has 0 bridgehead atoms. The number of nitro benzene ring substituents is 1. The van der Waals surface area contributed by atoms with Crippen LogP contribution in [-0.4, -0.2) is 59.8 Å². The van der Waals surface area contributed by atoms with Gasteiger partial charge in [-0.25, -0.2) is 8.78 Å². The SMILES string of the molecule is C.C.COc1cc(OC)cc(-c2cc(C3OCCO3)c(N)cc2F)c1.COc1cc(OC)cc(-c2cc(C3OCCO3)c([N+](=O)[O-])cc2F)c1. The van der Waals surface area contributed by atoms with Crippen molar-refractivity contribution >= 4 is 11.4 Å². The number of halogens is 2. The van der Waals surface area contributed by atoms with E-state index in [0.717, 1.165) is 6.07 Å². The van der Waals surface area contributed by atoms with E-state index in [1.807, 2.05) is 0 Å². The summed E-state index contributed by atoms with van der Waals surface area (Å²) in [6, 6.07) is 15.3. The average molecular weight is 701 g/mol. The maximum absolute atomic E-state index is 14.6. The molecule has 0 spiro atoms. The van der Waals surface area contributed by atoms with E-state index < -0.39 is 29.1 Å². The van der Waals surface area contributed by atoms with Gasteiger partial charge in [-0.2, -0.15) is 0 Å². The number of nitrogen functional groups attached to an aromatic ring is 1. The van der Waals surface area contributed by atoms with Gasteiger partial charge in [0.25, 0.3) is 5.69 Å². The second-order valence-electron chi connectivity index (χ2n) is 10.5. The highest BCUT2D eigenvalue weighted by atomic mass is 19.1. The van der Waals surface area contributed by atoms with Gasteiger partial charge in [-0.1, -0.05) is 14.9 Å². The molecule has 0 radical (unpaired) electrons. The van der Waals surface area contributed by atoms with Crippen LogP contribution in [-0.2, 0) is 18.9 Å². The fourth-order valence-electron chi connectivity index (χ4n) is 5.18. The Morgan fingerprint density at radius 2 is 0.980 bits per heavy atom. The summed E-state index contributed by atoms with van der Waals surface area (Å²) in [5.41, 5.74) is 8.23. The third-order valence-electron chi connectivity index (χ3n) is 7.56. The summed E-state index contributed by atoms with van der Waals surface area (Å²) >= 11 is 0. The minimum Gasteiger partial charge on any atom is -0.497 e. The van der Waals surface area contributed by atoms with Crippen molar-refractivity contribution in [3.8, 4) is 45.3 Å². The van der Waals surface area contributed by atoms with Crippen LogP contribution in [0.2, 0.25) is 0 Å². The molecule has 0 atom stereocenters. The van der Waals surface area contributed by atoms with Crippen LogP contribution >= 0.6 is 0 Å². The number of rotatable bonds is 9. The Morgan fingerprint density at radius 3 is 1.36 bits per heavy atom. The van der Waals surface area contributed by atoms with E-state index in [2.05, 4.69) is 0 Å². The van der Waals surface area contributed by atoms with Gasteiger partial charge in [0.05, 0.1) is 71.4 Å². The summed E-state index contributed by atoms with van der Waals surface area (Å²) in [5, 5.41) is 11.3. The normalized spacial score (nSPS) is 14.1. The Kier molecular flexibility index (Phi) is 13.9. The van der Waals surface area contributed by atoms with E-state index in [1.165, 1.54) is 26.4 Å². The molecule has 12 nitrogen and oxygen atoms in total. The minimum absolute atomic E-state index is 0. The summed E-state index contributed by atoms with van der Waals surface area (Å²) in [7, 11) is 6.06. The largest absolute Gasteiger partial charge is 0.497 e. The fourth-order valence-corrected chi connectivity index (χ4v) is 5.18. The predicted octanol–water partition coefficient (Wildman–Crippen LogP) is 7.87. The van der Waals surface area contributed by atoms with Crippen molar-refractivity contribution in [1.29, 1.82) is 0 Å². The van der Waals surface area contributed by atoms with Crippen LogP contribution in [0.3, 0.4) is 0 Å². The maximum Gasteiger partial charge on any atom is 0.280 e. The highest BCUT2D eigenvalue weighted by Crippen LogP contribution is 2.39. The van der Waals surface area contributed by atoms with Crippen LogP contribution in [0.4, 0.5) is 20.2 Å². The number of anilines is 1. The van der Waals surface area contributed by atoms with Crippen molar-refractivity contribution in [2.75, 3.05) is 60.6 Å². The third-order valence-corrected chi connectivity index (χ3v) is 7.56. The quantitative estimate of drug-likeness (QED) is 0.103. The molecule has 270 valence electrons. The summed E-state index contributed by atoms with van der Waals surface area (Å²) in [6.07, 6.45) is -1.46. The van der Waals surface area contributed by atoms with Crippen LogP contribution in [0.15, 0.2) is 60.7 Å². The van der Waals surface area contributed by atoms with Crippen LogP contribution in [0.1, 0.15) is 38.6 Å². The van der Waals surface area contributed by atoms with Crippen LogP contribution in [0, 0.1) is 21.7 Å². The molecule has 0 aliphatic carbocycles. The summed E-state index contributed by atoms with van der Waals surface area (Å²) in [4.78, 5) is 10.6. The van der Waals surface area contributed by atoms with Gasteiger partial charge < -0.3 is 43.6 Å². The number of nitro groups is 1. The van der Waals surface area contributed by atoms with Crippen molar-refractivity contribution < 1.29 is 51.6 Å². The molecule has 0 unspecified atom stereocenters. The summed E-state index contributed by atoms with van der Waals surface area (Å²) < 4.78 is 71.5. The van der Waals surface area contributed by atoms with Gasteiger partial charge >= 0.3 is 0 Å². The minimum atomic E-state index is -0.896. The molecule has 2 aliphatic rings. The summed E-state index contributed by atoms with van der Waals surface area (Å²) in [6.45, 7) is 1.62. The van der Waals surface area contributed by atoms with Crippen molar-refractivity contribution in [2.45, 2.75) is 27.4 Å². The fraction of sp³-hybridized carbons (Fsp3) is 0.333. The van der Waals surface area contributed by atoms with E-state index in [0.29, 0.717) is 77.4 Å². The van der Waals surface area contributed by atoms with Crippen molar-refractivity contribution in [1.82, 2.24) is 0 Å². The van der Waals surface area contributed by atoms with E-state index in [9.17, 15) is 18.9 Å². The lowest BCUT2D eigenvalue weighted by molar-refractivity contribution is -0.386. The monoisotopic (exact) mass is 700 g/mol. The molecule has 2 heterocycles. The second kappa shape index (κ2) is 17.6. The first-order valence-corrected chi connectivity index (χ1v) is 14.7. The Morgan fingerprint density at radius 1 is 0.620 bits per heavy atom. The van der Waals surface area contributed by atoms with Gasteiger partial charge in [0.15, 0.2) is 12.6 Å². The average Bonchev–Trinajstić information content (AvgIpc) is 3.84. The van der Waals surface area contributed by atoms with E-state index >= 15 is 0 Å². The number of hydrogen-bond acceptors (Lipinski definition) is 11. The van der Waals surface area contributed by atoms with Gasteiger partial charge in [0.2, 0.25) is 0 Å². The number of methoxy groups -OCH3 is 4. The molecule has 2 saturated heterocycles. The zero-order valence-corrected chi connectivity index (χ0v) is 26.6. The Bertz CT molecular complexity index is 1730. The highest BCUT2D eigenvalue weighted by molar-refractivity contribution is 5.72. The van der Waals surface area contributed by atoms with Gasteiger partial charge in [0, 0.05) is 34.5 Å². The number of hydrogen-bond donors (Lipinski definition) is 1. The first-order chi connectivity index (χ1) is 23.1. The molecule has 0 aromatic heterocycles. The van der Waals surface area contributed by atoms with E-state index in [4.69, 9.17) is 43.6 Å². The zero-order chi connectivity index (χ0) is 34.4. The highest BCUT2D eigenvalue weighted by Gasteiger charge is 2.29. The lowest BCUT2D eigenvalue weighted by Gasteiger charge is -2.15. The molecule has 0 saturated carbocycles. The zero-order valence-electron chi connectivity index (χ0n) is 26.6.